The summed E-state index contributed by atoms with van der Waals surface area (Å²) in [7, 11) is 0. The lowest BCUT2D eigenvalue weighted by molar-refractivity contribution is -0.231. The standard InChI is InChI=1S/C54H51N/c1-51(2)28-29-52(3,4)50-43(51)21-13-23-45(50)55(39-26-24-36(25-27-39)35-14-7-5-8-15-35)44-22-12-20-42-49(44)48-40(37-16-9-6-10-17-37)18-11-19-41(48)54(42)46-31-34-30-38-32-47(54)53(38,46)33-34/h5-27,34,38,46-47H,28-33H2,1-4H3. The Morgan fingerprint density at radius 3 is 1.82 bits per heavy atom. The number of benzene rings is 6. The molecule has 6 unspecified atom stereocenters. The highest BCUT2D eigenvalue weighted by Gasteiger charge is 2.84. The van der Waals surface area contributed by atoms with Crippen LogP contribution in [0.3, 0.4) is 0 Å². The van der Waals surface area contributed by atoms with Crippen LogP contribution in [-0.4, -0.2) is 0 Å². The molecule has 0 heterocycles. The summed E-state index contributed by atoms with van der Waals surface area (Å²) in [6.07, 6.45) is 8.17. The smallest absolute Gasteiger partial charge is 0.0543 e. The van der Waals surface area contributed by atoms with Crippen LogP contribution in [0.1, 0.15) is 88.5 Å². The van der Waals surface area contributed by atoms with Crippen LogP contribution in [0.2, 0.25) is 0 Å². The Hall–Kier alpha value is -4.88. The molecule has 0 aliphatic heterocycles. The van der Waals surface area contributed by atoms with E-state index >= 15 is 0 Å². The van der Waals surface area contributed by atoms with Gasteiger partial charge < -0.3 is 4.90 Å². The predicted molar refractivity (Wildman–Crippen MR) is 228 cm³/mol. The number of hydrogen-bond donors (Lipinski definition) is 0. The van der Waals surface area contributed by atoms with Crippen LogP contribution < -0.4 is 4.90 Å². The van der Waals surface area contributed by atoms with Gasteiger partial charge in [-0.05, 0) is 153 Å². The van der Waals surface area contributed by atoms with Crippen molar-refractivity contribution < 1.29 is 0 Å². The number of fused-ring (bicyclic) bond motifs is 9. The first-order valence-corrected chi connectivity index (χ1v) is 21.2. The van der Waals surface area contributed by atoms with Gasteiger partial charge in [-0.15, -0.1) is 0 Å². The van der Waals surface area contributed by atoms with Gasteiger partial charge in [0.1, 0.15) is 0 Å². The zero-order chi connectivity index (χ0) is 36.9. The Morgan fingerprint density at radius 2 is 1.09 bits per heavy atom. The maximum Gasteiger partial charge on any atom is 0.0543 e. The zero-order valence-electron chi connectivity index (χ0n) is 32.8. The second-order valence-corrected chi connectivity index (χ2v) is 19.6. The average molecular weight is 714 g/mol. The fraction of sp³-hybridized carbons (Fsp3) is 0.333. The SMILES string of the molecule is CC1(C)CCC(C)(C)c2c(N(c3ccc(-c4ccccc4)cc3)c3cccc4c3-c3c(-c5ccccc5)cccc3C43C4CC5CC6CC3C64C5)cccc21. The van der Waals surface area contributed by atoms with Gasteiger partial charge in [0.25, 0.3) is 0 Å². The van der Waals surface area contributed by atoms with Crippen LogP contribution in [0.5, 0.6) is 0 Å². The van der Waals surface area contributed by atoms with E-state index in [1.54, 1.807) is 11.1 Å². The molecule has 0 saturated heterocycles. The van der Waals surface area contributed by atoms with E-state index in [0.29, 0.717) is 5.41 Å². The van der Waals surface area contributed by atoms with Crippen LogP contribution in [0.15, 0.2) is 140 Å². The topological polar surface area (TPSA) is 3.24 Å². The molecule has 6 aromatic carbocycles. The van der Waals surface area contributed by atoms with Crippen molar-refractivity contribution in [2.75, 3.05) is 4.90 Å². The third kappa shape index (κ3) is 4.00. The van der Waals surface area contributed by atoms with E-state index in [9.17, 15) is 0 Å². The fourth-order valence-corrected chi connectivity index (χ4v) is 14.2. The maximum absolute atomic E-state index is 2.69. The second-order valence-electron chi connectivity index (χ2n) is 19.6. The van der Waals surface area contributed by atoms with Gasteiger partial charge in [0.05, 0.1) is 11.4 Å². The van der Waals surface area contributed by atoms with Gasteiger partial charge in [-0.2, -0.15) is 0 Å². The quantitative estimate of drug-likeness (QED) is 0.172. The van der Waals surface area contributed by atoms with E-state index in [-0.39, 0.29) is 16.2 Å². The van der Waals surface area contributed by atoms with Crippen LogP contribution >= 0.6 is 0 Å². The van der Waals surface area contributed by atoms with Gasteiger partial charge in [-0.1, -0.05) is 143 Å². The Labute approximate surface area is 327 Å². The predicted octanol–water partition coefficient (Wildman–Crippen LogP) is 14.2. The fourth-order valence-electron chi connectivity index (χ4n) is 14.2. The van der Waals surface area contributed by atoms with Gasteiger partial charge in [0, 0.05) is 16.7 Å². The lowest BCUT2D eigenvalue weighted by Gasteiger charge is -2.76. The molecule has 1 nitrogen and oxygen atoms in total. The largest absolute Gasteiger partial charge is 0.310 e. The van der Waals surface area contributed by atoms with Gasteiger partial charge >= 0.3 is 0 Å². The Morgan fingerprint density at radius 1 is 0.491 bits per heavy atom. The van der Waals surface area contributed by atoms with Crippen molar-refractivity contribution >= 4 is 17.1 Å². The van der Waals surface area contributed by atoms with E-state index in [1.807, 2.05) is 0 Å². The molecule has 6 aliphatic carbocycles. The molecule has 2 spiro atoms. The van der Waals surface area contributed by atoms with Gasteiger partial charge in [-0.3, -0.25) is 0 Å². The number of nitrogens with zero attached hydrogens (tertiary/aromatic N) is 1. The summed E-state index contributed by atoms with van der Waals surface area (Å²) in [5, 5.41) is 0. The number of anilines is 3. The third-order valence-electron chi connectivity index (χ3n) is 16.4. The zero-order valence-corrected chi connectivity index (χ0v) is 32.8. The molecule has 6 aromatic rings. The molecule has 4 saturated carbocycles. The minimum atomic E-state index is 0.0420. The minimum absolute atomic E-state index is 0.0420. The van der Waals surface area contributed by atoms with Crippen molar-refractivity contribution in [2.45, 2.75) is 82.5 Å². The van der Waals surface area contributed by atoms with E-state index in [1.165, 1.54) is 100 Å². The van der Waals surface area contributed by atoms with Crippen LogP contribution in [0.25, 0.3) is 33.4 Å². The van der Waals surface area contributed by atoms with Crippen LogP contribution in [-0.2, 0) is 16.2 Å². The first kappa shape index (κ1) is 32.4. The highest BCUT2D eigenvalue weighted by Crippen LogP contribution is 2.90. The van der Waals surface area contributed by atoms with Crippen molar-refractivity contribution in [1.82, 2.24) is 0 Å². The molecule has 6 aliphatic rings. The molecule has 55 heavy (non-hydrogen) atoms. The lowest BCUT2D eigenvalue weighted by atomic mass is 9.27. The molecular weight excluding hydrogens is 663 g/mol. The summed E-state index contributed by atoms with van der Waals surface area (Å²) in [5.74, 6) is 3.40. The van der Waals surface area contributed by atoms with E-state index in [0.717, 1.165) is 23.7 Å². The minimum Gasteiger partial charge on any atom is -0.310 e. The highest BCUT2D eigenvalue weighted by atomic mass is 15.2. The molecule has 0 aromatic heterocycles. The van der Waals surface area contributed by atoms with E-state index in [2.05, 4.69) is 172 Å². The molecule has 12 rings (SSSR count). The van der Waals surface area contributed by atoms with Crippen molar-refractivity contribution in [3.63, 3.8) is 0 Å². The summed E-state index contributed by atoms with van der Waals surface area (Å²) in [6.45, 7) is 9.91. The second kappa shape index (κ2) is 10.9. The van der Waals surface area contributed by atoms with E-state index in [4.69, 9.17) is 0 Å². The third-order valence-corrected chi connectivity index (χ3v) is 16.4. The molecule has 2 bridgehead atoms. The van der Waals surface area contributed by atoms with Crippen molar-refractivity contribution in [1.29, 1.82) is 0 Å². The molecule has 6 atom stereocenters. The average Bonchev–Trinajstić information content (AvgIpc) is 3.85. The van der Waals surface area contributed by atoms with Crippen molar-refractivity contribution in [3.05, 3.63) is 162 Å². The number of rotatable bonds is 5. The van der Waals surface area contributed by atoms with Crippen LogP contribution in [0, 0.1) is 29.1 Å². The highest BCUT2D eigenvalue weighted by molar-refractivity contribution is 6.02. The van der Waals surface area contributed by atoms with Gasteiger partial charge in [0.15, 0.2) is 0 Å². The molecule has 0 amide bonds. The van der Waals surface area contributed by atoms with Crippen molar-refractivity contribution in [3.8, 4) is 33.4 Å². The first-order valence-electron chi connectivity index (χ1n) is 21.2. The summed E-state index contributed by atoms with van der Waals surface area (Å²) >= 11 is 0. The number of hydrogen-bond acceptors (Lipinski definition) is 1. The molecular formula is C54H51N. The summed E-state index contributed by atoms with van der Waals surface area (Å²) < 4.78 is 0. The Bertz CT molecular complexity index is 2530. The van der Waals surface area contributed by atoms with Crippen LogP contribution in [0.4, 0.5) is 17.1 Å². The molecule has 0 N–H and O–H groups in total. The summed E-state index contributed by atoms with van der Waals surface area (Å²) in [4.78, 5) is 2.69. The lowest BCUT2D eigenvalue weighted by Crippen LogP contribution is -2.73. The first-order chi connectivity index (χ1) is 26.7. The molecule has 4 fully saturated rings. The van der Waals surface area contributed by atoms with Gasteiger partial charge in [-0.25, -0.2) is 0 Å². The molecule has 0 radical (unpaired) electrons. The van der Waals surface area contributed by atoms with Crippen molar-refractivity contribution in [2.24, 2.45) is 29.1 Å². The maximum atomic E-state index is 2.69. The molecule has 272 valence electrons. The van der Waals surface area contributed by atoms with E-state index < -0.39 is 0 Å². The summed E-state index contributed by atoms with van der Waals surface area (Å²) in [5.41, 5.74) is 19.2. The Balaban J connectivity index is 1.15. The summed E-state index contributed by atoms with van der Waals surface area (Å²) in [6, 6.07) is 53.6. The normalized spacial score (nSPS) is 29.1. The Kier molecular flexibility index (Phi) is 6.42. The monoisotopic (exact) mass is 713 g/mol. The molecule has 1 heteroatoms. The van der Waals surface area contributed by atoms with Gasteiger partial charge in [0.2, 0.25) is 0 Å².